The zero-order chi connectivity index (χ0) is 21.3. The highest BCUT2D eigenvalue weighted by Gasteiger charge is 2.34. The van der Waals surface area contributed by atoms with E-state index in [2.05, 4.69) is 15.7 Å². The van der Waals surface area contributed by atoms with Gasteiger partial charge in [0.2, 0.25) is 11.8 Å². The third kappa shape index (κ3) is 3.59. The maximum absolute atomic E-state index is 13.0. The summed E-state index contributed by atoms with van der Waals surface area (Å²) >= 11 is 0. The van der Waals surface area contributed by atoms with E-state index in [1.807, 2.05) is 31.2 Å². The van der Waals surface area contributed by atoms with Crippen LogP contribution in [0.15, 0.2) is 48.5 Å². The molecule has 2 amide bonds. The average molecular weight is 406 g/mol. The summed E-state index contributed by atoms with van der Waals surface area (Å²) in [5, 5.41) is 10.4. The highest BCUT2D eigenvalue weighted by molar-refractivity contribution is 6.02. The van der Waals surface area contributed by atoms with Gasteiger partial charge in [0.1, 0.15) is 23.4 Å². The maximum atomic E-state index is 13.0. The number of ether oxygens (including phenoxy) is 2. The molecule has 0 saturated heterocycles. The number of nitrogens with zero attached hydrogens (tertiary/aromatic N) is 2. The van der Waals surface area contributed by atoms with Crippen molar-refractivity contribution in [1.82, 2.24) is 9.78 Å². The molecule has 30 heavy (non-hydrogen) atoms. The fraction of sp³-hybridized carbons (Fsp3) is 0.227. The third-order valence-corrected chi connectivity index (χ3v) is 5.08. The van der Waals surface area contributed by atoms with E-state index in [1.54, 1.807) is 43.2 Å². The Morgan fingerprint density at radius 1 is 1.13 bits per heavy atom. The van der Waals surface area contributed by atoms with Crippen LogP contribution in [-0.4, -0.2) is 35.8 Å². The van der Waals surface area contributed by atoms with Gasteiger partial charge in [0.25, 0.3) is 0 Å². The molecule has 2 aromatic carbocycles. The van der Waals surface area contributed by atoms with Gasteiger partial charge in [0.15, 0.2) is 0 Å². The number of nitrogens with one attached hydrogen (secondary N) is 2. The van der Waals surface area contributed by atoms with Gasteiger partial charge in [-0.05, 0) is 43.3 Å². The van der Waals surface area contributed by atoms with Crippen LogP contribution in [0.2, 0.25) is 0 Å². The van der Waals surface area contributed by atoms with Gasteiger partial charge >= 0.3 is 0 Å². The molecular formula is C22H22N4O4. The molecule has 154 valence electrons. The molecule has 1 aliphatic heterocycles. The lowest BCUT2D eigenvalue weighted by atomic mass is 10.1. The van der Waals surface area contributed by atoms with E-state index in [1.165, 1.54) is 0 Å². The van der Waals surface area contributed by atoms with Crippen LogP contribution in [0.25, 0.3) is 11.3 Å². The number of carbonyl (C=O) groups is 2. The minimum absolute atomic E-state index is 0.00593. The van der Waals surface area contributed by atoms with Crippen molar-refractivity contribution in [3.63, 3.8) is 0 Å². The highest BCUT2D eigenvalue weighted by atomic mass is 16.5. The van der Waals surface area contributed by atoms with Gasteiger partial charge < -0.3 is 20.1 Å². The number of fused-ring (bicyclic) bond motifs is 1. The van der Waals surface area contributed by atoms with Gasteiger partial charge in [0.05, 0.1) is 26.3 Å². The Kier molecular flexibility index (Phi) is 5.14. The summed E-state index contributed by atoms with van der Waals surface area (Å²) in [4.78, 5) is 25.3. The standard InChI is InChI=1S/C22H22N4O4/c1-13-20(14-7-9-16(29-2)10-8-14)25-26-18(12-19(27)24-21(13)26)22(28)23-15-5-4-6-17(11-15)30-3/h4-11,18H,12H2,1-3H3,(H,23,28)(H,24,27)/t18-/m0/s1. The molecule has 1 aromatic heterocycles. The number of rotatable bonds is 5. The summed E-state index contributed by atoms with van der Waals surface area (Å²) in [7, 11) is 3.17. The van der Waals surface area contributed by atoms with Crippen LogP contribution in [0, 0.1) is 6.92 Å². The Labute approximate surface area is 173 Å². The normalized spacial score (nSPS) is 15.2. The summed E-state index contributed by atoms with van der Waals surface area (Å²) in [5.41, 5.74) is 2.96. The van der Waals surface area contributed by atoms with E-state index >= 15 is 0 Å². The van der Waals surface area contributed by atoms with Crippen molar-refractivity contribution in [2.45, 2.75) is 19.4 Å². The first-order valence-electron chi connectivity index (χ1n) is 9.48. The van der Waals surface area contributed by atoms with Crippen LogP contribution in [0.4, 0.5) is 11.5 Å². The lowest BCUT2D eigenvalue weighted by molar-refractivity contribution is -0.125. The molecule has 0 fully saturated rings. The highest BCUT2D eigenvalue weighted by Crippen LogP contribution is 2.35. The zero-order valence-corrected chi connectivity index (χ0v) is 16.9. The molecule has 0 spiro atoms. The van der Waals surface area contributed by atoms with Crippen molar-refractivity contribution in [2.24, 2.45) is 0 Å². The second kappa shape index (κ2) is 7.90. The monoisotopic (exact) mass is 406 g/mol. The quantitative estimate of drug-likeness (QED) is 0.677. The van der Waals surface area contributed by atoms with Gasteiger partial charge in [-0.3, -0.25) is 9.59 Å². The first kappa shape index (κ1) is 19.5. The van der Waals surface area contributed by atoms with Crippen LogP contribution >= 0.6 is 0 Å². The Bertz CT molecular complexity index is 1100. The molecule has 1 aliphatic rings. The van der Waals surface area contributed by atoms with E-state index in [-0.39, 0.29) is 18.2 Å². The van der Waals surface area contributed by atoms with Gasteiger partial charge in [-0.1, -0.05) is 6.07 Å². The number of benzene rings is 2. The van der Waals surface area contributed by atoms with Gasteiger partial charge in [-0.25, -0.2) is 4.68 Å². The van der Waals surface area contributed by atoms with Gasteiger partial charge in [-0.2, -0.15) is 5.10 Å². The summed E-state index contributed by atoms with van der Waals surface area (Å²) in [5.74, 6) is 1.36. The Morgan fingerprint density at radius 2 is 1.87 bits per heavy atom. The van der Waals surface area contributed by atoms with Crippen LogP contribution in [0.5, 0.6) is 11.5 Å². The smallest absolute Gasteiger partial charge is 0.249 e. The third-order valence-electron chi connectivity index (χ3n) is 5.08. The zero-order valence-electron chi connectivity index (χ0n) is 16.9. The van der Waals surface area contributed by atoms with Crippen molar-refractivity contribution in [3.05, 3.63) is 54.1 Å². The number of hydrogen-bond acceptors (Lipinski definition) is 5. The average Bonchev–Trinajstić information content (AvgIpc) is 3.09. The first-order chi connectivity index (χ1) is 14.5. The molecule has 1 atom stereocenters. The van der Waals surface area contributed by atoms with E-state index in [0.29, 0.717) is 22.9 Å². The van der Waals surface area contributed by atoms with E-state index in [4.69, 9.17) is 9.47 Å². The van der Waals surface area contributed by atoms with Crippen LogP contribution in [-0.2, 0) is 9.59 Å². The van der Waals surface area contributed by atoms with Crippen LogP contribution in [0.3, 0.4) is 0 Å². The van der Waals surface area contributed by atoms with Crippen molar-refractivity contribution in [2.75, 3.05) is 24.9 Å². The summed E-state index contributed by atoms with van der Waals surface area (Å²) in [6.45, 7) is 1.88. The molecule has 0 bridgehead atoms. The summed E-state index contributed by atoms with van der Waals surface area (Å²) in [6.07, 6.45) is 0.00593. The van der Waals surface area contributed by atoms with Crippen molar-refractivity contribution < 1.29 is 19.1 Å². The number of carbonyl (C=O) groups excluding carboxylic acids is 2. The predicted octanol–water partition coefficient (Wildman–Crippen LogP) is 3.40. The molecule has 2 heterocycles. The molecule has 0 unspecified atom stereocenters. The number of anilines is 2. The molecule has 2 N–H and O–H groups in total. The number of amides is 2. The lowest BCUT2D eigenvalue weighted by Gasteiger charge is -2.24. The topological polar surface area (TPSA) is 94.5 Å². The molecule has 3 aromatic rings. The van der Waals surface area contributed by atoms with Crippen LogP contribution < -0.4 is 20.1 Å². The van der Waals surface area contributed by atoms with Crippen LogP contribution in [0.1, 0.15) is 18.0 Å². The minimum Gasteiger partial charge on any atom is -0.497 e. The largest absolute Gasteiger partial charge is 0.497 e. The molecule has 4 rings (SSSR count). The van der Waals surface area contributed by atoms with Gasteiger partial charge in [-0.15, -0.1) is 0 Å². The summed E-state index contributed by atoms with van der Waals surface area (Å²) < 4.78 is 12.0. The second-order valence-corrected chi connectivity index (χ2v) is 6.98. The Morgan fingerprint density at radius 3 is 2.57 bits per heavy atom. The molecule has 0 radical (unpaired) electrons. The second-order valence-electron chi connectivity index (χ2n) is 6.98. The molecular weight excluding hydrogens is 384 g/mol. The number of hydrogen-bond donors (Lipinski definition) is 2. The van der Waals surface area contributed by atoms with E-state index in [9.17, 15) is 9.59 Å². The van der Waals surface area contributed by atoms with Crippen molar-refractivity contribution in [1.29, 1.82) is 0 Å². The fourth-order valence-electron chi connectivity index (χ4n) is 3.49. The lowest BCUT2D eigenvalue weighted by Crippen LogP contribution is -2.35. The fourth-order valence-corrected chi connectivity index (χ4v) is 3.49. The molecule has 0 saturated carbocycles. The molecule has 8 nitrogen and oxygen atoms in total. The Hall–Kier alpha value is -3.81. The summed E-state index contributed by atoms with van der Waals surface area (Å²) in [6, 6.07) is 13.8. The molecule has 8 heteroatoms. The van der Waals surface area contributed by atoms with Gasteiger partial charge in [0, 0.05) is 22.9 Å². The molecule has 0 aliphatic carbocycles. The number of aromatic nitrogens is 2. The van der Waals surface area contributed by atoms with E-state index < -0.39 is 6.04 Å². The van der Waals surface area contributed by atoms with Crippen molar-refractivity contribution in [3.8, 4) is 22.8 Å². The predicted molar refractivity (Wildman–Crippen MR) is 113 cm³/mol. The minimum atomic E-state index is -0.759. The Balaban J connectivity index is 1.67. The van der Waals surface area contributed by atoms with Crippen molar-refractivity contribution >= 4 is 23.3 Å². The van der Waals surface area contributed by atoms with E-state index in [0.717, 1.165) is 16.9 Å². The first-order valence-corrected chi connectivity index (χ1v) is 9.48. The number of methoxy groups -OCH3 is 2. The maximum Gasteiger partial charge on any atom is 0.249 e. The SMILES string of the molecule is COc1ccc(-c2nn3c(c2C)NC(=O)C[C@H]3C(=O)Nc2cccc(OC)c2)cc1.